The van der Waals surface area contributed by atoms with Gasteiger partial charge in [0, 0.05) is 16.5 Å². The number of thioether (sulfide) groups is 1. The van der Waals surface area contributed by atoms with Crippen molar-refractivity contribution in [1.29, 1.82) is 0 Å². The third kappa shape index (κ3) is 7.70. The minimum atomic E-state index is -1.06. The number of fused-ring (bicyclic) bond motifs is 1. The van der Waals surface area contributed by atoms with E-state index in [4.69, 9.17) is 9.47 Å². The van der Waals surface area contributed by atoms with Crippen LogP contribution in [0.15, 0.2) is 83.9 Å². The predicted molar refractivity (Wildman–Crippen MR) is 159 cm³/mol. The number of carboxylic acids is 2. The van der Waals surface area contributed by atoms with Crippen LogP contribution in [0.3, 0.4) is 0 Å². The van der Waals surface area contributed by atoms with Gasteiger partial charge in [0.25, 0.3) is 0 Å². The molecule has 208 valence electrons. The molecule has 40 heavy (non-hydrogen) atoms. The zero-order valence-electron chi connectivity index (χ0n) is 22.6. The van der Waals surface area contributed by atoms with E-state index in [1.807, 2.05) is 84.9 Å². The Morgan fingerprint density at radius 3 is 2.12 bits per heavy atom. The first-order chi connectivity index (χ1) is 19.2. The van der Waals surface area contributed by atoms with Crippen LogP contribution < -0.4 is 9.47 Å². The quantitative estimate of drug-likeness (QED) is 0.0967. The number of aliphatic carboxylic acids is 2. The van der Waals surface area contributed by atoms with Gasteiger partial charge in [-0.3, -0.25) is 9.59 Å². The van der Waals surface area contributed by atoms with Crippen molar-refractivity contribution in [2.75, 3.05) is 13.2 Å². The summed E-state index contributed by atoms with van der Waals surface area (Å²) >= 11 is 1.21. The number of para-hydroxylation sites is 2. The third-order valence-electron chi connectivity index (χ3n) is 6.23. The predicted octanol–water partition coefficient (Wildman–Crippen LogP) is 7.09. The average Bonchev–Trinajstić information content (AvgIpc) is 3.26. The Balaban J connectivity index is 1.40. The number of nitrogens with zero attached hydrogens (tertiary/aromatic N) is 1. The van der Waals surface area contributed by atoms with Crippen LogP contribution in [0.2, 0.25) is 0 Å². The van der Waals surface area contributed by atoms with Crippen LogP contribution >= 0.6 is 11.8 Å². The lowest BCUT2D eigenvalue weighted by Crippen LogP contribution is -2.26. The summed E-state index contributed by atoms with van der Waals surface area (Å²) < 4.78 is 12.2. The molecule has 0 radical (unpaired) electrons. The molecule has 0 saturated heterocycles. The topological polar surface area (TPSA) is 98.0 Å². The van der Waals surface area contributed by atoms with E-state index in [9.17, 15) is 19.8 Å². The summed E-state index contributed by atoms with van der Waals surface area (Å²) in [5.41, 5.74) is 2.57. The van der Waals surface area contributed by atoms with E-state index in [0.29, 0.717) is 13.2 Å². The van der Waals surface area contributed by atoms with Crippen molar-refractivity contribution in [2.45, 2.75) is 42.9 Å². The third-order valence-corrected chi connectivity index (χ3v) is 7.46. The van der Waals surface area contributed by atoms with E-state index in [-0.39, 0.29) is 6.54 Å². The van der Waals surface area contributed by atoms with E-state index in [0.717, 1.165) is 51.3 Å². The largest absolute Gasteiger partial charge is 0.494 e. The smallest absolute Gasteiger partial charge is 0.323 e. The Morgan fingerprint density at radius 1 is 0.850 bits per heavy atom. The number of rotatable bonds is 14. The van der Waals surface area contributed by atoms with Crippen molar-refractivity contribution in [3.05, 3.63) is 90.1 Å². The minimum absolute atomic E-state index is 0.222. The van der Waals surface area contributed by atoms with E-state index in [1.165, 1.54) is 11.8 Å². The zero-order valence-corrected chi connectivity index (χ0v) is 23.4. The molecule has 4 rings (SSSR count). The first-order valence-corrected chi connectivity index (χ1v) is 13.9. The molecule has 0 fully saturated rings. The molecule has 0 amide bonds. The van der Waals surface area contributed by atoms with E-state index >= 15 is 0 Å². The van der Waals surface area contributed by atoms with Gasteiger partial charge >= 0.3 is 11.9 Å². The summed E-state index contributed by atoms with van der Waals surface area (Å²) in [6.45, 7) is 4.31. The average molecular weight is 560 g/mol. The molecule has 0 bridgehead atoms. The number of hydrogen-bond donors (Lipinski definition) is 2. The molecule has 0 aliphatic rings. The van der Waals surface area contributed by atoms with Crippen molar-refractivity contribution in [1.82, 2.24) is 4.57 Å². The van der Waals surface area contributed by atoms with Crippen LogP contribution in [-0.2, 0) is 16.1 Å². The number of ether oxygens (including phenoxy) is 2. The van der Waals surface area contributed by atoms with Gasteiger partial charge in [-0.2, -0.15) is 0 Å². The summed E-state index contributed by atoms with van der Waals surface area (Å²) in [5, 5.41) is 19.9. The Hall–Kier alpha value is -4.17. The van der Waals surface area contributed by atoms with Crippen molar-refractivity contribution in [3.63, 3.8) is 0 Å². The van der Waals surface area contributed by atoms with Crippen LogP contribution in [0.4, 0.5) is 0 Å². The maximum atomic E-state index is 11.7. The molecule has 3 aromatic carbocycles. The Morgan fingerprint density at radius 2 is 1.50 bits per heavy atom. The fourth-order valence-electron chi connectivity index (χ4n) is 4.12. The van der Waals surface area contributed by atoms with Crippen LogP contribution in [0.5, 0.6) is 11.5 Å². The van der Waals surface area contributed by atoms with Gasteiger partial charge in [-0.25, -0.2) is 0 Å². The molecular formula is C32H33NO6S. The summed E-state index contributed by atoms with van der Waals surface area (Å²) in [6, 6.07) is 23.3. The highest BCUT2D eigenvalue weighted by Gasteiger charge is 2.30. The molecule has 0 aliphatic heterocycles. The van der Waals surface area contributed by atoms with Crippen LogP contribution in [0.1, 0.15) is 37.8 Å². The molecule has 0 atom stereocenters. The van der Waals surface area contributed by atoms with Gasteiger partial charge in [0.15, 0.2) is 0 Å². The molecule has 0 saturated carbocycles. The van der Waals surface area contributed by atoms with Gasteiger partial charge in [0.2, 0.25) is 0 Å². The summed E-state index contributed by atoms with van der Waals surface area (Å²) in [7, 11) is 0. The van der Waals surface area contributed by atoms with Crippen molar-refractivity contribution in [2.24, 2.45) is 0 Å². The number of carbonyl (C=O) groups is 2. The molecule has 2 N–H and O–H groups in total. The maximum Gasteiger partial charge on any atom is 0.323 e. The highest BCUT2D eigenvalue weighted by Crippen LogP contribution is 2.39. The summed E-state index contributed by atoms with van der Waals surface area (Å²) in [5.74, 6) is -0.234. The molecule has 0 unspecified atom stereocenters. The van der Waals surface area contributed by atoms with E-state index < -0.39 is 16.7 Å². The lowest BCUT2D eigenvalue weighted by Gasteiger charge is -2.17. The molecule has 7 nitrogen and oxygen atoms in total. The van der Waals surface area contributed by atoms with Crippen molar-refractivity contribution in [3.8, 4) is 11.5 Å². The SMILES string of the molecule is CC(C)(Sc1cn(CC(=O)O)c2c(C=Cc3ccc(OCCCCOc4ccccc4)cc3)cccc12)C(=O)O. The normalized spacial score (nSPS) is 11.7. The molecule has 8 heteroatoms. The number of carboxylic acid groups (broad SMARTS) is 2. The fourth-order valence-corrected chi connectivity index (χ4v) is 5.21. The number of unbranched alkanes of at least 4 members (excludes halogenated alkanes) is 1. The first-order valence-electron chi connectivity index (χ1n) is 13.1. The maximum absolute atomic E-state index is 11.7. The molecule has 0 spiro atoms. The van der Waals surface area contributed by atoms with E-state index in [1.54, 1.807) is 24.6 Å². The summed E-state index contributed by atoms with van der Waals surface area (Å²) in [6.07, 6.45) is 7.42. The van der Waals surface area contributed by atoms with Crippen molar-refractivity contribution >= 4 is 46.8 Å². The molecule has 0 aliphatic carbocycles. The van der Waals surface area contributed by atoms with Crippen LogP contribution in [0, 0.1) is 0 Å². The zero-order chi connectivity index (χ0) is 28.5. The Kier molecular flexibility index (Phi) is 9.56. The standard InChI is InChI=1S/C32H33NO6S/c1-32(2,31(36)37)40-28-21-33(22-29(34)35)30-24(9-8-12-27(28)30)16-13-23-14-17-26(18-15-23)39-20-7-6-19-38-25-10-4-3-5-11-25/h3-5,8-18,21H,6-7,19-20,22H2,1-2H3,(H,34,35)(H,36,37). The fraction of sp³-hybridized carbons (Fsp3) is 0.250. The summed E-state index contributed by atoms with van der Waals surface area (Å²) in [4.78, 5) is 24.0. The van der Waals surface area contributed by atoms with Crippen molar-refractivity contribution < 1.29 is 29.3 Å². The Labute approximate surface area is 238 Å². The number of benzene rings is 3. The number of aromatic nitrogens is 1. The van der Waals surface area contributed by atoms with Gasteiger partial charge in [-0.15, -0.1) is 11.8 Å². The second-order valence-corrected chi connectivity index (χ2v) is 11.5. The van der Waals surface area contributed by atoms with Gasteiger partial charge in [0.05, 0.1) is 18.7 Å². The van der Waals surface area contributed by atoms with Gasteiger partial charge in [-0.1, -0.05) is 60.7 Å². The molecule has 4 aromatic rings. The lowest BCUT2D eigenvalue weighted by molar-refractivity contribution is -0.139. The highest BCUT2D eigenvalue weighted by atomic mass is 32.2. The van der Waals surface area contributed by atoms with Gasteiger partial charge in [-0.05, 0) is 62.1 Å². The number of hydrogen-bond acceptors (Lipinski definition) is 5. The minimum Gasteiger partial charge on any atom is -0.494 e. The van der Waals surface area contributed by atoms with E-state index in [2.05, 4.69) is 0 Å². The second-order valence-electron chi connectivity index (χ2n) is 9.80. The second kappa shape index (κ2) is 13.3. The molecular weight excluding hydrogens is 526 g/mol. The molecule has 1 aromatic heterocycles. The Bertz CT molecular complexity index is 1470. The lowest BCUT2D eigenvalue weighted by atomic mass is 10.1. The molecule has 1 heterocycles. The van der Waals surface area contributed by atoms with Gasteiger partial charge in [0.1, 0.15) is 22.8 Å². The van der Waals surface area contributed by atoms with Crippen LogP contribution in [-0.4, -0.2) is 44.7 Å². The highest BCUT2D eigenvalue weighted by molar-refractivity contribution is 8.01. The monoisotopic (exact) mass is 559 g/mol. The van der Waals surface area contributed by atoms with Crippen LogP contribution in [0.25, 0.3) is 23.1 Å². The van der Waals surface area contributed by atoms with Gasteiger partial charge < -0.3 is 24.3 Å². The first kappa shape index (κ1) is 28.8.